The van der Waals surface area contributed by atoms with Crippen LogP contribution < -0.4 is 4.90 Å². The Morgan fingerprint density at radius 2 is 1.60 bits per heavy atom. The van der Waals surface area contributed by atoms with Gasteiger partial charge in [0.1, 0.15) is 0 Å². The standard InChI is InChI=1S/C13H17NO2.C4H10/c1-10-2-4-12(5-3-10)14-8-6-11(7-9-14)13(15)16;1-4(2)3/h2-5,11H,6-9H2,1H3,(H,15,16);4H,1-3H3. The maximum atomic E-state index is 10.8. The highest BCUT2D eigenvalue weighted by Gasteiger charge is 2.24. The fourth-order valence-corrected chi connectivity index (χ4v) is 2.14. The van der Waals surface area contributed by atoms with Gasteiger partial charge in [-0.15, -0.1) is 0 Å². The van der Waals surface area contributed by atoms with Crippen LogP contribution in [0.1, 0.15) is 39.2 Å². The number of carboxylic acids is 1. The molecule has 1 fully saturated rings. The molecule has 1 heterocycles. The van der Waals surface area contributed by atoms with Gasteiger partial charge in [0, 0.05) is 18.8 Å². The quantitative estimate of drug-likeness (QED) is 0.889. The summed E-state index contributed by atoms with van der Waals surface area (Å²) < 4.78 is 0. The first kappa shape index (κ1) is 16.5. The molecule has 3 nitrogen and oxygen atoms in total. The van der Waals surface area contributed by atoms with E-state index in [4.69, 9.17) is 5.11 Å². The van der Waals surface area contributed by atoms with E-state index in [-0.39, 0.29) is 5.92 Å². The second-order valence-corrected chi connectivity index (χ2v) is 6.17. The summed E-state index contributed by atoms with van der Waals surface area (Å²) in [7, 11) is 0. The third kappa shape index (κ3) is 5.64. The summed E-state index contributed by atoms with van der Waals surface area (Å²) in [5.41, 5.74) is 2.46. The van der Waals surface area contributed by atoms with Crippen LogP contribution >= 0.6 is 0 Å². The van der Waals surface area contributed by atoms with E-state index in [1.807, 2.05) is 0 Å². The Labute approximate surface area is 122 Å². The number of carboxylic acid groups (broad SMARTS) is 1. The zero-order chi connectivity index (χ0) is 15.1. The summed E-state index contributed by atoms with van der Waals surface area (Å²) in [6.07, 6.45) is 1.51. The summed E-state index contributed by atoms with van der Waals surface area (Å²) in [5.74, 6) is 0.0326. The first-order valence-corrected chi connectivity index (χ1v) is 7.44. The highest BCUT2D eigenvalue weighted by molar-refractivity contribution is 5.70. The molecule has 0 bridgehead atoms. The summed E-state index contributed by atoms with van der Waals surface area (Å²) in [4.78, 5) is 13.1. The van der Waals surface area contributed by atoms with Crippen LogP contribution in [0.2, 0.25) is 0 Å². The molecule has 0 radical (unpaired) electrons. The zero-order valence-electron chi connectivity index (χ0n) is 13.1. The lowest BCUT2D eigenvalue weighted by Crippen LogP contribution is -2.36. The molecule has 0 unspecified atom stereocenters. The van der Waals surface area contributed by atoms with Gasteiger partial charge < -0.3 is 10.0 Å². The Kier molecular flexibility index (Phi) is 6.56. The summed E-state index contributed by atoms with van der Waals surface area (Å²) in [6, 6.07) is 8.41. The predicted molar refractivity (Wildman–Crippen MR) is 84.3 cm³/mol. The predicted octanol–water partition coefficient (Wildman–Crippen LogP) is 3.96. The van der Waals surface area contributed by atoms with Gasteiger partial charge in [-0.25, -0.2) is 0 Å². The second-order valence-electron chi connectivity index (χ2n) is 6.17. The monoisotopic (exact) mass is 277 g/mol. The van der Waals surface area contributed by atoms with Gasteiger partial charge >= 0.3 is 5.97 Å². The van der Waals surface area contributed by atoms with Crippen LogP contribution in [-0.4, -0.2) is 24.2 Å². The van der Waals surface area contributed by atoms with Crippen LogP contribution in [0.25, 0.3) is 0 Å². The number of piperidine rings is 1. The molecule has 112 valence electrons. The minimum atomic E-state index is -0.649. The number of anilines is 1. The van der Waals surface area contributed by atoms with Gasteiger partial charge in [-0.05, 0) is 37.8 Å². The molecule has 0 aromatic heterocycles. The molecule has 0 aliphatic carbocycles. The highest BCUT2D eigenvalue weighted by Crippen LogP contribution is 2.23. The van der Waals surface area contributed by atoms with Crippen molar-refractivity contribution in [1.29, 1.82) is 0 Å². The van der Waals surface area contributed by atoms with E-state index < -0.39 is 5.97 Å². The number of nitrogens with zero attached hydrogens (tertiary/aromatic N) is 1. The Balaban J connectivity index is 0.000000444. The van der Waals surface area contributed by atoms with E-state index in [2.05, 4.69) is 56.9 Å². The zero-order valence-corrected chi connectivity index (χ0v) is 13.1. The van der Waals surface area contributed by atoms with Crippen molar-refractivity contribution >= 4 is 11.7 Å². The second kappa shape index (κ2) is 7.93. The number of carbonyl (C=O) groups is 1. The highest BCUT2D eigenvalue weighted by atomic mass is 16.4. The van der Waals surface area contributed by atoms with Crippen molar-refractivity contribution in [2.45, 2.75) is 40.5 Å². The third-order valence-corrected chi connectivity index (χ3v) is 3.24. The van der Waals surface area contributed by atoms with E-state index in [1.54, 1.807) is 0 Å². The van der Waals surface area contributed by atoms with E-state index in [9.17, 15) is 4.79 Å². The third-order valence-electron chi connectivity index (χ3n) is 3.24. The average Bonchev–Trinajstić information content (AvgIpc) is 2.39. The number of rotatable bonds is 2. The molecular weight excluding hydrogens is 250 g/mol. The first-order valence-electron chi connectivity index (χ1n) is 7.44. The van der Waals surface area contributed by atoms with Crippen molar-refractivity contribution in [3.05, 3.63) is 29.8 Å². The lowest BCUT2D eigenvalue weighted by atomic mass is 9.97. The van der Waals surface area contributed by atoms with Gasteiger partial charge in [-0.1, -0.05) is 38.5 Å². The molecule has 2 rings (SSSR count). The fraction of sp³-hybridized carbons (Fsp3) is 0.588. The van der Waals surface area contributed by atoms with Crippen LogP contribution in [-0.2, 0) is 4.79 Å². The maximum absolute atomic E-state index is 10.8. The molecule has 0 saturated carbocycles. The van der Waals surface area contributed by atoms with Crippen molar-refractivity contribution in [2.75, 3.05) is 18.0 Å². The van der Waals surface area contributed by atoms with Crippen molar-refractivity contribution in [3.63, 3.8) is 0 Å². The minimum absolute atomic E-state index is 0.151. The molecule has 3 heteroatoms. The SMILES string of the molecule is CC(C)C.Cc1ccc(N2CCC(C(=O)O)CC2)cc1. The van der Waals surface area contributed by atoms with E-state index in [1.165, 1.54) is 11.3 Å². The van der Waals surface area contributed by atoms with E-state index >= 15 is 0 Å². The Morgan fingerprint density at radius 3 is 2.00 bits per heavy atom. The molecule has 1 aromatic rings. The Morgan fingerprint density at radius 1 is 1.15 bits per heavy atom. The molecule has 0 atom stereocenters. The Bertz CT molecular complexity index is 401. The number of hydrogen-bond donors (Lipinski definition) is 1. The first-order chi connectivity index (χ1) is 9.40. The molecule has 0 spiro atoms. The number of benzene rings is 1. The van der Waals surface area contributed by atoms with Crippen molar-refractivity contribution in [2.24, 2.45) is 11.8 Å². The average molecular weight is 277 g/mol. The molecule has 1 aliphatic heterocycles. The topological polar surface area (TPSA) is 40.5 Å². The number of aryl methyl sites for hydroxylation is 1. The molecule has 1 aromatic carbocycles. The normalized spacial score (nSPS) is 15.8. The number of hydrogen-bond acceptors (Lipinski definition) is 2. The lowest BCUT2D eigenvalue weighted by molar-refractivity contribution is -0.142. The molecule has 1 N–H and O–H groups in total. The van der Waals surface area contributed by atoms with Gasteiger partial charge in [-0.3, -0.25) is 4.79 Å². The summed E-state index contributed by atoms with van der Waals surface area (Å²) in [5, 5.41) is 8.91. The molecule has 20 heavy (non-hydrogen) atoms. The summed E-state index contributed by atoms with van der Waals surface area (Å²) >= 11 is 0. The smallest absolute Gasteiger partial charge is 0.306 e. The van der Waals surface area contributed by atoms with Crippen molar-refractivity contribution in [1.82, 2.24) is 0 Å². The van der Waals surface area contributed by atoms with Crippen molar-refractivity contribution in [3.8, 4) is 0 Å². The molecular formula is C17H27NO2. The minimum Gasteiger partial charge on any atom is -0.481 e. The summed E-state index contributed by atoms with van der Waals surface area (Å²) in [6.45, 7) is 10.3. The van der Waals surface area contributed by atoms with Crippen LogP contribution in [0.5, 0.6) is 0 Å². The van der Waals surface area contributed by atoms with Crippen LogP contribution in [0, 0.1) is 18.8 Å². The van der Waals surface area contributed by atoms with Crippen LogP contribution in [0.4, 0.5) is 5.69 Å². The van der Waals surface area contributed by atoms with Gasteiger partial charge in [-0.2, -0.15) is 0 Å². The van der Waals surface area contributed by atoms with E-state index in [0.29, 0.717) is 0 Å². The van der Waals surface area contributed by atoms with Gasteiger partial charge in [0.25, 0.3) is 0 Å². The lowest BCUT2D eigenvalue weighted by Gasteiger charge is -2.31. The van der Waals surface area contributed by atoms with Crippen molar-refractivity contribution < 1.29 is 9.90 Å². The maximum Gasteiger partial charge on any atom is 0.306 e. The Hall–Kier alpha value is -1.51. The molecule has 0 amide bonds. The van der Waals surface area contributed by atoms with Crippen LogP contribution in [0.3, 0.4) is 0 Å². The molecule has 1 saturated heterocycles. The fourth-order valence-electron chi connectivity index (χ4n) is 2.14. The molecule has 1 aliphatic rings. The van der Waals surface area contributed by atoms with E-state index in [0.717, 1.165) is 31.8 Å². The van der Waals surface area contributed by atoms with Gasteiger partial charge in [0.05, 0.1) is 5.92 Å². The van der Waals surface area contributed by atoms with Gasteiger partial charge in [0.2, 0.25) is 0 Å². The number of aliphatic carboxylic acids is 1. The van der Waals surface area contributed by atoms with Crippen LogP contribution in [0.15, 0.2) is 24.3 Å². The largest absolute Gasteiger partial charge is 0.481 e. The van der Waals surface area contributed by atoms with Gasteiger partial charge in [0.15, 0.2) is 0 Å².